The van der Waals surface area contributed by atoms with E-state index in [1.54, 1.807) is 38.1 Å². The summed E-state index contributed by atoms with van der Waals surface area (Å²) >= 11 is 13.4. The molecule has 34 heavy (non-hydrogen) atoms. The summed E-state index contributed by atoms with van der Waals surface area (Å²) in [4.78, 5) is 52.6. The molecule has 0 bridgehead atoms. The first-order valence-corrected chi connectivity index (χ1v) is 13.0. The van der Waals surface area contributed by atoms with Gasteiger partial charge in [-0.2, -0.15) is 0 Å². The van der Waals surface area contributed by atoms with Crippen molar-refractivity contribution in [2.24, 2.45) is 5.92 Å². The standard InChI is InChI=1S/C22H18Br4N2O6/c1-9(2)19(22(32)34-8-12(29)27-10-4-6-11(33-3)7-5-10)28-20(30)13-14(21(28)31)16(24)18(26)17(25)15(13)23/h4-7,9,19H,8H2,1-3H3,(H,27,29)/t19-/m0/s1. The zero-order valence-corrected chi connectivity index (χ0v) is 24.4. The molecule has 180 valence electrons. The van der Waals surface area contributed by atoms with Crippen molar-refractivity contribution in [1.29, 1.82) is 0 Å². The summed E-state index contributed by atoms with van der Waals surface area (Å²) in [6.07, 6.45) is 0. The van der Waals surface area contributed by atoms with E-state index in [0.717, 1.165) is 4.90 Å². The third-order valence-corrected chi connectivity index (χ3v) is 9.77. The van der Waals surface area contributed by atoms with Crippen LogP contribution in [0.5, 0.6) is 5.75 Å². The lowest BCUT2D eigenvalue weighted by molar-refractivity contribution is -0.152. The zero-order valence-electron chi connectivity index (χ0n) is 18.1. The minimum absolute atomic E-state index is 0.127. The highest BCUT2D eigenvalue weighted by Crippen LogP contribution is 2.46. The molecular formula is C22H18Br4N2O6. The Morgan fingerprint density at radius 3 is 1.85 bits per heavy atom. The fourth-order valence-corrected chi connectivity index (χ4v) is 5.85. The molecule has 0 saturated carbocycles. The second kappa shape index (κ2) is 10.9. The topological polar surface area (TPSA) is 102 Å². The molecule has 0 aliphatic carbocycles. The van der Waals surface area contributed by atoms with Crippen molar-refractivity contribution in [2.75, 3.05) is 19.0 Å². The van der Waals surface area contributed by atoms with E-state index in [1.807, 2.05) is 0 Å². The third-order valence-electron chi connectivity index (χ3n) is 5.00. The Bertz CT molecular complexity index is 1140. The van der Waals surface area contributed by atoms with Gasteiger partial charge in [0.05, 0.1) is 18.2 Å². The second-order valence-corrected chi connectivity index (χ2v) is 10.7. The van der Waals surface area contributed by atoms with Gasteiger partial charge in [0.25, 0.3) is 17.7 Å². The van der Waals surface area contributed by atoms with Crippen molar-refractivity contribution >= 4 is 93.1 Å². The van der Waals surface area contributed by atoms with Crippen LogP contribution in [-0.2, 0) is 14.3 Å². The monoisotopic (exact) mass is 722 g/mol. The summed E-state index contributed by atoms with van der Waals surface area (Å²) in [6.45, 7) is 2.79. The van der Waals surface area contributed by atoms with Gasteiger partial charge in [-0.3, -0.25) is 19.3 Å². The Kier molecular flexibility index (Phi) is 8.59. The maximum absolute atomic E-state index is 13.2. The normalized spacial score (nSPS) is 13.7. The molecule has 0 unspecified atom stereocenters. The predicted molar refractivity (Wildman–Crippen MR) is 139 cm³/mol. The van der Waals surface area contributed by atoms with Crippen LogP contribution in [0.3, 0.4) is 0 Å². The van der Waals surface area contributed by atoms with Crippen LogP contribution in [0, 0.1) is 5.92 Å². The molecule has 0 radical (unpaired) electrons. The lowest BCUT2D eigenvalue weighted by Gasteiger charge is -2.27. The van der Waals surface area contributed by atoms with Crippen molar-refractivity contribution in [3.8, 4) is 5.75 Å². The highest BCUT2D eigenvalue weighted by molar-refractivity contribution is 9.15. The fourth-order valence-electron chi connectivity index (χ4n) is 3.39. The Hall–Kier alpha value is -1.76. The van der Waals surface area contributed by atoms with Gasteiger partial charge in [0.1, 0.15) is 11.8 Å². The Morgan fingerprint density at radius 2 is 1.41 bits per heavy atom. The van der Waals surface area contributed by atoms with Crippen LogP contribution in [0.15, 0.2) is 42.2 Å². The third kappa shape index (κ3) is 5.09. The van der Waals surface area contributed by atoms with Crippen LogP contribution >= 0.6 is 63.7 Å². The molecule has 1 heterocycles. The molecule has 8 nitrogen and oxygen atoms in total. The minimum Gasteiger partial charge on any atom is -0.497 e. The van der Waals surface area contributed by atoms with Gasteiger partial charge in [0.15, 0.2) is 6.61 Å². The molecule has 0 fully saturated rings. The molecule has 1 aliphatic rings. The molecule has 12 heteroatoms. The van der Waals surface area contributed by atoms with E-state index in [0.29, 0.717) is 29.3 Å². The number of anilines is 1. The van der Waals surface area contributed by atoms with Crippen molar-refractivity contribution in [2.45, 2.75) is 19.9 Å². The number of ether oxygens (including phenoxy) is 2. The molecule has 1 aliphatic heterocycles. The van der Waals surface area contributed by atoms with E-state index < -0.39 is 42.3 Å². The summed E-state index contributed by atoms with van der Waals surface area (Å²) in [5.74, 6) is -2.55. The minimum atomic E-state index is -1.22. The number of halogens is 4. The molecule has 0 spiro atoms. The smallest absolute Gasteiger partial charge is 0.330 e. The van der Waals surface area contributed by atoms with Crippen molar-refractivity contribution < 1.29 is 28.7 Å². The quantitative estimate of drug-likeness (QED) is 0.174. The molecule has 3 amide bonds. The number of fused-ring (bicyclic) bond motifs is 1. The number of nitrogens with zero attached hydrogens (tertiary/aromatic N) is 1. The fraction of sp³-hybridized carbons (Fsp3) is 0.273. The summed E-state index contributed by atoms with van der Waals surface area (Å²) in [6, 6.07) is 5.40. The first kappa shape index (κ1) is 26.8. The predicted octanol–water partition coefficient (Wildman–Crippen LogP) is 5.55. The maximum atomic E-state index is 13.2. The molecule has 3 rings (SSSR count). The summed E-state index contributed by atoms with van der Waals surface area (Å²) < 4.78 is 12.1. The number of carbonyl (C=O) groups is 4. The van der Waals surface area contributed by atoms with Gasteiger partial charge >= 0.3 is 5.97 Å². The number of esters is 1. The lowest BCUT2D eigenvalue weighted by atomic mass is 10.0. The van der Waals surface area contributed by atoms with E-state index in [-0.39, 0.29) is 11.1 Å². The molecule has 1 N–H and O–H groups in total. The Labute approximate surface area is 229 Å². The second-order valence-electron chi connectivity index (χ2n) is 7.56. The average Bonchev–Trinajstić information content (AvgIpc) is 3.05. The molecule has 2 aromatic carbocycles. The van der Waals surface area contributed by atoms with Crippen molar-refractivity contribution in [3.63, 3.8) is 0 Å². The molecular weight excluding hydrogens is 708 g/mol. The largest absolute Gasteiger partial charge is 0.497 e. The zero-order chi connectivity index (χ0) is 25.3. The van der Waals surface area contributed by atoms with E-state index in [2.05, 4.69) is 69.0 Å². The van der Waals surface area contributed by atoms with Gasteiger partial charge in [0, 0.05) is 23.6 Å². The number of amides is 3. The highest BCUT2D eigenvalue weighted by atomic mass is 79.9. The number of carbonyl (C=O) groups excluding carboxylic acids is 4. The van der Waals surface area contributed by atoms with Crippen molar-refractivity contribution in [3.05, 3.63) is 53.3 Å². The average molecular weight is 726 g/mol. The van der Waals surface area contributed by atoms with Crippen LogP contribution in [0.25, 0.3) is 0 Å². The van der Waals surface area contributed by atoms with Gasteiger partial charge in [-0.05, 0) is 93.9 Å². The summed E-state index contributed by atoms with van der Waals surface area (Å²) in [5, 5.41) is 2.60. The van der Waals surface area contributed by atoms with Crippen LogP contribution in [0.2, 0.25) is 0 Å². The number of benzene rings is 2. The van der Waals surface area contributed by atoms with Crippen molar-refractivity contribution in [1.82, 2.24) is 4.90 Å². The SMILES string of the molecule is COc1ccc(NC(=O)COC(=O)[C@H](C(C)C)N2C(=O)c3c(Br)c(Br)c(Br)c(Br)c3C2=O)cc1. The van der Waals surface area contributed by atoms with Gasteiger partial charge in [0.2, 0.25) is 0 Å². The first-order chi connectivity index (χ1) is 16.0. The Balaban J connectivity index is 1.78. The van der Waals surface area contributed by atoms with Crippen LogP contribution in [-0.4, -0.2) is 48.3 Å². The molecule has 0 aromatic heterocycles. The molecule has 0 saturated heterocycles. The Morgan fingerprint density at radius 1 is 0.912 bits per heavy atom. The van der Waals surface area contributed by atoms with Crippen LogP contribution < -0.4 is 10.1 Å². The number of hydrogen-bond donors (Lipinski definition) is 1. The van der Waals surface area contributed by atoms with E-state index in [4.69, 9.17) is 9.47 Å². The van der Waals surface area contributed by atoms with Gasteiger partial charge in [-0.1, -0.05) is 13.8 Å². The number of hydrogen-bond acceptors (Lipinski definition) is 6. The maximum Gasteiger partial charge on any atom is 0.330 e. The first-order valence-electron chi connectivity index (χ1n) is 9.83. The number of nitrogens with one attached hydrogen (secondary N) is 1. The lowest BCUT2D eigenvalue weighted by Crippen LogP contribution is -2.49. The summed E-state index contributed by atoms with van der Waals surface area (Å²) in [7, 11) is 1.53. The molecule has 1 atom stereocenters. The summed E-state index contributed by atoms with van der Waals surface area (Å²) in [5.41, 5.74) is 0.749. The highest BCUT2D eigenvalue weighted by Gasteiger charge is 2.47. The van der Waals surface area contributed by atoms with Gasteiger partial charge in [-0.25, -0.2) is 4.79 Å². The number of methoxy groups -OCH3 is 1. The van der Waals surface area contributed by atoms with E-state index in [9.17, 15) is 19.2 Å². The van der Waals surface area contributed by atoms with Gasteiger partial charge < -0.3 is 14.8 Å². The van der Waals surface area contributed by atoms with E-state index in [1.165, 1.54) is 7.11 Å². The van der Waals surface area contributed by atoms with Gasteiger partial charge in [-0.15, -0.1) is 0 Å². The molecule has 2 aromatic rings. The van der Waals surface area contributed by atoms with Crippen LogP contribution in [0.4, 0.5) is 5.69 Å². The van der Waals surface area contributed by atoms with Crippen LogP contribution in [0.1, 0.15) is 34.6 Å². The number of imide groups is 1. The number of rotatable bonds is 7. The van der Waals surface area contributed by atoms with E-state index >= 15 is 0 Å².